The van der Waals surface area contributed by atoms with Gasteiger partial charge < -0.3 is 15.0 Å². The van der Waals surface area contributed by atoms with Crippen molar-refractivity contribution in [3.63, 3.8) is 0 Å². The number of ether oxygens (including phenoxy) is 1. The van der Waals surface area contributed by atoms with Crippen LogP contribution in [-0.2, 0) is 17.6 Å². The van der Waals surface area contributed by atoms with Crippen molar-refractivity contribution in [2.75, 3.05) is 12.4 Å². The minimum absolute atomic E-state index is 0.00259. The molecule has 0 spiro atoms. The lowest BCUT2D eigenvalue weighted by Crippen LogP contribution is -2.28. The van der Waals surface area contributed by atoms with Crippen LogP contribution in [0.5, 0.6) is 5.75 Å². The molecule has 1 atom stereocenters. The maximum absolute atomic E-state index is 13.8. The number of benzene rings is 2. The number of hydrogen-bond acceptors (Lipinski definition) is 2. The lowest BCUT2D eigenvalue weighted by atomic mass is 9.85. The molecule has 134 valence electrons. The lowest BCUT2D eigenvalue weighted by molar-refractivity contribution is -0.120. The molecule has 1 aromatic heterocycles. The van der Waals surface area contributed by atoms with E-state index in [-0.39, 0.29) is 17.5 Å². The molecule has 4 rings (SSSR count). The molecule has 2 aromatic carbocycles. The summed E-state index contributed by atoms with van der Waals surface area (Å²) in [6.45, 7) is 0. The molecule has 0 bridgehead atoms. The Morgan fingerprint density at radius 2 is 2.08 bits per heavy atom. The number of aryl methyl sites for hydroxylation is 1. The molecule has 3 aromatic rings. The summed E-state index contributed by atoms with van der Waals surface area (Å²) < 4.78 is 32.1. The van der Waals surface area contributed by atoms with Gasteiger partial charge in [-0.1, -0.05) is 0 Å². The predicted octanol–water partition coefficient (Wildman–Crippen LogP) is 4.20. The van der Waals surface area contributed by atoms with Crippen molar-refractivity contribution in [2.24, 2.45) is 5.92 Å². The van der Waals surface area contributed by atoms with Crippen molar-refractivity contribution in [1.29, 1.82) is 0 Å². The second-order valence-corrected chi connectivity index (χ2v) is 6.55. The summed E-state index contributed by atoms with van der Waals surface area (Å²) >= 11 is 0. The second kappa shape index (κ2) is 6.44. The molecule has 0 saturated carbocycles. The zero-order chi connectivity index (χ0) is 18.3. The van der Waals surface area contributed by atoms with Gasteiger partial charge in [-0.05, 0) is 55.2 Å². The number of methoxy groups -OCH3 is 1. The van der Waals surface area contributed by atoms with Gasteiger partial charge in [0.1, 0.15) is 17.4 Å². The van der Waals surface area contributed by atoms with E-state index in [1.165, 1.54) is 6.07 Å². The van der Waals surface area contributed by atoms with Gasteiger partial charge in [0, 0.05) is 28.6 Å². The minimum Gasteiger partial charge on any atom is -0.497 e. The number of carbonyl (C=O) groups is 1. The van der Waals surface area contributed by atoms with Crippen LogP contribution in [-0.4, -0.2) is 18.0 Å². The molecule has 0 aliphatic heterocycles. The summed E-state index contributed by atoms with van der Waals surface area (Å²) in [5, 5.41) is 3.63. The van der Waals surface area contributed by atoms with Crippen molar-refractivity contribution in [1.82, 2.24) is 4.98 Å². The van der Waals surface area contributed by atoms with E-state index < -0.39 is 11.6 Å². The first-order valence-electron chi connectivity index (χ1n) is 8.48. The first-order chi connectivity index (χ1) is 12.5. The minimum atomic E-state index is -0.772. The highest BCUT2D eigenvalue weighted by atomic mass is 19.1. The van der Waals surface area contributed by atoms with Gasteiger partial charge in [-0.15, -0.1) is 0 Å². The number of aromatic nitrogens is 1. The maximum Gasteiger partial charge on any atom is 0.227 e. The third-order valence-corrected chi connectivity index (χ3v) is 4.95. The maximum atomic E-state index is 13.8. The number of rotatable bonds is 3. The number of fused-ring (bicyclic) bond motifs is 3. The van der Waals surface area contributed by atoms with Crippen molar-refractivity contribution in [3.8, 4) is 5.75 Å². The molecular weight excluding hydrogens is 338 g/mol. The Labute approximate surface area is 149 Å². The SMILES string of the molecule is COc1ccc2[nH]c3c(c2c1)CC(C(=O)Nc1ccc(F)cc1F)CC3. The van der Waals surface area contributed by atoms with E-state index in [2.05, 4.69) is 10.3 Å². The van der Waals surface area contributed by atoms with Gasteiger partial charge in [-0.25, -0.2) is 8.78 Å². The summed E-state index contributed by atoms with van der Waals surface area (Å²) in [7, 11) is 1.62. The summed E-state index contributed by atoms with van der Waals surface area (Å²) in [6.07, 6.45) is 1.99. The highest BCUT2D eigenvalue weighted by Gasteiger charge is 2.28. The molecule has 1 unspecified atom stereocenters. The van der Waals surface area contributed by atoms with Crippen molar-refractivity contribution in [2.45, 2.75) is 19.3 Å². The standard InChI is InChI=1S/C20H18F2N2O2/c1-26-13-4-7-18-15(10-13)14-8-11(2-5-17(14)23-18)20(25)24-19-6-3-12(21)9-16(19)22/h3-4,6-7,9-11,23H,2,5,8H2,1H3,(H,24,25). The number of carbonyl (C=O) groups excluding carboxylic acids is 1. The monoisotopic (exact) mass is 356 g/mol. The molecular formula is C20H18F2N2O2. The van der Waals surface area contributed by atoms with E-state index in [1.807, 2.05) is 18.2 Å². The molecule has 1 aliphatic carbocycles. The lowest BCUT2D eigenvalue weighted by Gasteiger charge is -2.22. The van der Waals surface area contributed by atoms with Gasteiger partial charge in [-0.2, -0.15) is 0 Å². The second-order valence-electron chi connectivity index (χ2n) is 6.55. The average molecular weight is 356 g/mol. The van der Waals surface area contributed by atoms with E-state index >= 15 is 0 Å². The largest absolute Gasteiger partial charge is 0.497 e. The molecule has 2 N–H and O–H groups in total. The topological polar surface area (TPSA) is 54.1 Å². The van der Waals surface area contributed by atoms with Crippen molar-refractivity contribution < 1.29 is 18.3 Å². The number of halogens is 2. The Morgan fingerprint density at radius 3 is 2.85 bits per heavy atom. The van der Waals surface area contributed by atoms with Crippen LogP contribution in [0, 0.1) is 17.6 Å². The number of anilines is 1. The molecule has 1 aliphatic rings. The summed E-state index contributed by atoms with van der Waals surface area (Å²) in [5.41, 5.74) is 3.25. The quantitative estimate of drug-likeness (QED) is 0.739. The molecule has 6 heteroatoms. The number of nitrogens with one attached hydrogen (secondary N) is 2. The number of hydrogen-bond donors (Lipinski definition) is 2. The Bertz CT molecular complexity index is 997. The molecule has 0 fully saturated rings. The Kier molecular flexibility index (Phi) is 4.11. The third kappa shape index (κ3) is 2.92. The van der Waals surface area contributed by atoms with Crippen LogP contribution in [0.4, 0.5) is 14.5 Å². The van der Waals surface area contributed by atoms with Gasteiger partial charge >= 0.3 is 0 Å². The number of amides is 1. The zero-order valence-electron chi connectivity index (χ0n) is 14.2. The highest BCUT2D eigenvalue weighted by molar-refractivity contribution is 5.94. The Hall–Kier alpha value is -2.89. The fourth-order valence-corrected chi connectivity index (χ4v) is 3.57. The van der Waals surface area contributed by atoms with Crippen molar-refractivity contribution in [3.05, 3.63) is 59.3 Å². The smallest absolute Gasteiger partial charge is 0.227 e. The Morgan fingerprint density at radius 1 is 1.23 bits per heavy atom. The number of H-pyrrole nitrogens is 1. The fourth-order valence-electron chi connectivity index (χ4n) is 3.57. The van der Waals surface area contributed by atoms with Crippen LogP contribution in [0.1, 0.15) is 17.7 Å². The van der Waals surface area contributed by atoms with Gasteiger partial charge in [-0.3, -0.25) is 4.79 Å². The van der Waals surface area contributed by atoms with Crippen LogP contribution in [0.15, 0.2) is 36.4 Å². The molecule has 0 radical (unpaired) electrons. The van der Waals surface area contributed by atoms with Crippen molar-refractivity contribution >= 4 is 22.5 Å². The molecule has 0 saturated heterocycles. The number of aromatic amines is 1. The normalized spacial score (nSPS) is 16.3. The summed E-state index contributed by atoms with van der Waals surface area (Å²) in [4.78, 5) is 16.0. The highest BCUT2D eigenvalue weighted by Crippen LogP contribution is 2.34. The first kappa shape index (κ1) is 16.6. The average Bonchev–Trinajstić information content (AvgIpc) is 3.00. The van der Waals surface area contributed by atoms with E-state index in [9.17, 15) is 13.6 Å². The summed E-state index contributed by atoms with van der Waals surface area (Å²) in [6, 6.07) is 8.96. The van der Waals surface area contributed by atoms with E-state index in [1.54, 1.807) is 7.11 Å². The fraction of sp³-hybridized carbons (Fsp3) is 0.250. The van der Waals surface area contributed by atoms with E-state index in [0.717, 1.165) is 46.5 Å². The molecule has 26 heavy (non-hydrogen) atoms. The van der Waals surface area contributed by atoms with Gasteiger partial charge in [0.15, 0.2) is 0 Å². The Balaban J connectivity index is 1.58. The van der Waals surface area contributed by atoms with E-state index in [0.29, 0.717) is 12.8 Å². The van der Waals surface area contributed by atoms with Gasteiger partial charge in [0.2, 0.25) is 5.91 Å². The van der Waals surface area contributed by atoms with Crippen LogP contribution < -0.4 is 10.1 Å². The van der Waals surface area contributed by atoms with Crippen LogP contribution >= 0.6 is 0 Å². The molecule has 4 nitrogen and oxygen atoms in total. The summed E-state index contributed by atoms with van der Waals surface area (Å²) in [5.74, 6) is -1.20. The van der Waals surface area contributed by atoms with Gasteiger partial charge in [0.25, 0.3) is 0 Å². The van der Waals surface area contributed by atoms with Crippen LogP contribution in [0.3, 0.4) is 0 Å². The van der Waals surface area contributed by atoms with Crippen LogP contribution in [0.25, 0.3) is 10.9 Å². The predicted molar refractivity (Wildman–Crippen MR) is 95.4 cm³/mol. The molecule has 1 heterocycles. The first-order valence-corrected chi connectivity index (χ1v) is 8.48. The van der Waals surface area contributed by atoms with E-state index in [4.69, 9.17) is 4.74 Å². The third-order valence-electron chi connectivity index (χ3n) is 4.95. The van der Waals surface area contributed by atoms with Crippen LogP contribution in [0.2, 0.25) is 0 Å². The zero-order valence-corrected chi connectivity index (χ0v) is 14.2. The van der Waals surface area contributed by atoms with Gasteiger partial charge in [0.05, 0.1) is 12.8 Å². The molecule has 1 amide bonds.